The van der Waals surface area contributed by atoms with Crippen LogP contribution in [0.2, 0.25) is 0 Å². The first-order valence-electron chi connectivity index (χ1n) is 7.67. The van der Waals surface area contributed by atoms with Crippen molar-refractivity contribution in [1.29, 1.82) is 0 Å². The third-order valence-corrected chi connectivity index (χ3v) is 4.67. The molecule has 0 aromatic heterocycles. The number of benzene rings is 1. The molecule has 1 aromatic rings. The lowest BCUT2D eigenvalue weighted by atomic mass is 9.85. The predicted molar refractivity (Wildman–Crippen MR) is 86.8 cm³/mol. The minimum atomic E-state index is 0.0178. The second-order valence-electron chi connectivity index (χ2n) is 6.54. The summed E-state index contributed by atoms with van der Waals surface area (Å²) in [6.45, 7) is 15.2. The first kappa shape index (κ1) is 15.3. The Morgan fingerprint density at radius 1 is 1.30 bits per heavy atom. The summed E-state index contributed by atoms with van der Waals surface area (Å²) in [4.78, 5) is 2.60. The van der Waals surface area contributed by atoms with E-state index in [9.17, 15) is 0 Å². The number of nitrogens with zero attached hydrogens (tertiary/aromatic N) is 1. The van der Waals surface area contributed by atoms with Gasteiger partial charge in [0.15, 0.2) is 0 Å². The van der Waals surface area contributed by atoms with Gasteiger partial charge in [-0.15, -0.1) is 6.58 Å². The van der Waals surface area contributed by atoms with Crippen LogP contribution in [0.5, 0.6) is 0 Å². The maximum absolute atomic E-state index is 3.99. The molecule has 3 atom stereocenters. The van der Waals surface area contributed by atoms with E-state index in [2.05, 4.69) is 80.9 Å². The van der Waals surface area contributed by atoms with Crippen molar-refractivity contribution in [3.05, 3.63) is 48.6 Å². The van der Waals surface area contributed by atoms with Crippen LogP contribution in [0.1, 0.15) is 33.3 Å². The van der Waals surface area contributed by atoms with Crippen LogP contribution in [0.25, 0.3) is 0 Å². The van der Waals surface area contributed by atoms with Crippen molar-refractivity contribution >= 4 is 0 Å². The number of nitrogens with one attached hydrogen (secondary N) is 1. The fourth-order valence-electron chi connectivity index (χ4n) is 3.18. The Bertz CT molecular complexity index is 440. The molecule has 0 aliphatic carbocycles. The summed E-state index contributed by atoms with van der Waals surface area (Å²) >= 11 is 0. The van der Waals surface area contributed by atoms with E-state index in [0.29, 0.717) is 18.0 Å². The molecule has 2 nitrogen and oxygen atoms in total. The second kappa shape index (κ2) is 6.11. The third kappa shape index (κ3) is 2.97. The Labute approximate surface area is 123 Å². The third-order valence-electron chi connectivity index (χ3n) is 4.67. The van der Waals surface area contributed by atoms with Gasteiger partial charge in [0, 0.05) is 25.2 Å². The highest BCUT2D eigenvalue weighted by atomic mass is 15.3. The van der Waals surface area contributed by atoms with E-state index in [4.69, 9.17) is 0 Å². The van der Waals surface area contributed by atoms with Crippen LogP contribution in [-0.4, -0.2) is 30.1 Å². The van der Waals surface area contributed by atoms with Crippen LogP contribution in [0.3, 0.4) is 0 Å². The number of hydrogen-bond donors (Lipinski definition) is 1. The molecule has 1 aliphatic rings. The van der Waals surface area contributed by atoms with E-state index in [1.54, 1.807) is 0 Å². The number of hydrogen-bond acceptors (Lipinski definition) is 2. The zero-order valence-electron chi connectivity index (χ0n) is 13.3. The highest BCUT2D eigenvalue weighted by molar-refractivity contribution is 5.25. The Morgan fingerprint density at radius 2 is 1.95 bits per heavy atom. The van der Waals surface area contributed by atoms with Gasteiger partial charge in [0.1, 0.15) is 0 Å². The van der Waals surface area contributed by atoms with Crippen LogP contribution >= 0.6 is 0 Å². The molecule has 1 saturated heterocycles. The Morgan fingerprint density at radius 3 is 2.50 bits per heavy atom. The molecule has 1 heterocycles. The van der Waals surface area contributed by atoms with Crippen molar-refractivity contribution in [2.75, 3.05) is 13.1 Å². The summed E-state index contributed by atoms with van der Waals surface area (Å²) in [6, 6.07) is 11.7. The van der Waals surface area contributed by atoms with Gasteiger partial charge in [-0.05, 0) is 25.3 Å². The summed E-state index contributed by atoms with van der Waals surface area (Å²) in [5.41, 5.74) is 1.38. The molecule has 2 heteroatoms. The van der Waals surface area contributed by atoms with Crippen LogP contribution in [0, 0.1) is 5.92 Å². The Hall–Kier alpha value is -1.12. The normalized spacial score (nSPS) is 29.4. The fourth-order valence-corrected chi connectivity index (χ4v) is 3.18. The standard InChI is InChI=1S/C18H28N2/c1-6-15(4)20-13-18(5,16-10-8-7-9-11-16)19-12-17(20)14(2)3/h6-11,14-15,17,19H,1,12-13H2,2-5H3. The minimum absolute atomic E-state index is 0.0178. The molecule has 110 valence electrons. The molecule has 3 unspecified atom stereocenters. The molecule has 0 saturated carbocycles. The summed E-state index contributed by atoms with van der Waals surface area (Å²) < 4.78 is 0. The van der Waals surface area contributed by atoms with Gasteiger partial charge in [0.2, 0.25) is 0 Å². The van der Waals surface area contributed by atoms with E-state index < -0.39 is 0 Å². The monoisotopic (exact) mass is 272 g/mol. The number of rotatable bonds is 4. The van der Waals surface area contributed by atoms with E-state index in [0.717, 1.165) is 13.1 Å². The SMILES string of the molecule is C=CC(C)N1CC(C)(c2ccccc2)NCC1C(C)C. The summed E-state index contributed by atoms with van der Waals surface area (Å²) in [7, 11) is 0. The smallest absolute Gasteiger partial charge is 0.0535 e. The van der Waals surface area contributed by atoms with Crippen LogP contribution in [-0.2, 0) is 5.54 Å². The summed E-state index contributed by atoms with van der Waals surface area (Å²) in [5.74, 6) is 0.644. The van der Waals surface area contributed by atoms with Gasteiger partial charge in [0.05, 0.1) is 5.54 Å². The average Bonchev–Trinajstić information content (AvgIpc) is 2.47. The topological polar surface area (TPSA) is 15.3 Å². The van der Waals surface area contributed by atoms with Gasteiger partial charge >= 0.3 is 0 Å². The van der Waals surface area contributed by atoms with Gasteiger partial charge < -0.3 is 5.32 Å². The fraction of sp³-hybridized carbons (Fsp3) is 0.556. The molecular formula is C18H28N2. The molecule has 20 heavy (non-hydrogen) atoms. The van der Waals surface area contributed by atoms with Crippen molar-refractivity contribution in [3.8, 4) is 0 Å². The molecule has 1 aliphatic heterocycles. The average molecular weight is 272 g/mol. The van der Waals surface area contributed by atoms with E-state index >= 15 is 0 Å². The van der Waals surface area contributed by atoms with Crippen molar-refractivity contribution in [2.45, 2.75) is 45.3 Å². The quantitative estimate of drug-likeness (QED) is 0.845. The predicted octanol–water partition coefficient (Wildman–Crippen LogP) is 3.41. The lowest BCUT2D eigenvalue weighted by Gasteiger charge is -2.49. The Balaban J connectivity index is 2.26. The molecule has 2 rings (SSSR count). The van der Waals surface area contributed by atoms with E-state index in [-0.39, 0.29) is 5.54 Å². The van der Waals surface area contributed by atoms with Gasteiger partial charge in [-0.3, -0.25) is 4.90 Å². The maximum Gasteiger partial charge on any atom is 0.0535 e. The van der Waals surface area contributed by atoms with Gasteiger partial charge in [-0.1, -0.05) is 50.3 Å². The van der Waals surface area contributed by atoms with Crippen LogP contribution < -0.4 is 5.32 Å². The molecule has 0 spiro atoms. The molecule has 1 N–H and O–H groups in total. The van der Waals surface area contributed by atoms with Crippen LogP contribution in [0.4, 0.5) is 0 Å². The molecular weight excluding hydrogens is 244 g/mol. The maximum atomic E-state index is 3.99. The molecule has 0 bridgehead atoms. The zero-order valence-corrected chi connectivity index (χ0v) is 13.3. The van der Waals surface area contributed by atoms with Crippen molar-refractivity contribution < 1.29 is 0 Å². The molecule has 0 amide bonds. The van der Waals surface area contributed by atoms with Gasteiger partial charge in [0.25, 0.3) is 0 Å². The molecule has 1 fully saturated rings. The van der Waals surface area contributed by atoms with Crippen LogP contribution in [0.15, 0.2) is 43.0 Å². The highest BCUT2D eigenvalue weighted by Gasteiger charge is 2.39. The first-order chi connectivity index (χ1) is 9.48. The largest absolute Gasteiger partial charge is 0.305 e. The molecule has 0 radical (unpaired) electrons. The van der Waals surface area contributed by atoms with E-state index in [1.807, 2.05) is 0 Å². The zero-order chi connectivity index (χ0) is 14.8. The molecule has 1 aromatic carbocycles. The van der Waals surface area contributed by atoms with Crippen molar-refractivity contribution in [2.24, 2.45) is 5.92 Å². The number of piperazine rings is 1. The Kier molecular flexibility index (Phi) is 4.66. The first-order valence-corrected chi connectivity index (χ1v) is 7.67. The van der Waals surface area contributed by atoms with Crippen molar-refractivity contribution in [3.63, 3.8) is 0 Å². The lowest BCUT2D eigenvalue weighted by Crippen LogP contribution is -2.64. The lowest BCUT2D eigenvalue weighted by molar-refractivity contribution is 0.0445. The minimum Gasteiger partial charge on any atom is -0.305 e. The summed E-state index contributed by atoms with van der Waals surface area (Å²) in [5, 5.41) is 3.78. The summed E-state index contributed by atoms with van der Waals surface area (Å²) in [6.07, 6.45) is 2.06. The van der Waals surface area contributed by atoms with Gasteiger partial charge in [-0.2, -0.15) is 0 Å². The second-order valence-corrected chi connectivity index (χ2v) is 6.54. The van der Waals surface area contributed by atoms with Crippen molar-refractivity contribution in [1.82, 2.24) is 10.2 Å². The highest BCUT2D eigenvalue weighted by Crippen LogP contribution is 2.29. The van der Waals surface area contributed by atoms with Gasteiger partial charge in [-0.25, -0.2) is 0 Å². The van der Waals surface area contributed by atoms with E-state index in [1.165, 1.54) is 5.56 Å².